The molecule has 5 heteroatoms. The molecule has 0 saturated carbocycles. The van der Waals surface area contributed by atoms with Crippen LogP contribution in [0.1, 0.15) is 37.8 Å². The summed E-state index contributed by atoms with van der Waals surface area (Å²) in [5.74, 6) is 1.20. The molecule has 102 valence electrons. The van der Waals surface area contributed by atoms with E-state index in [0.29, 0.717) is 17.8 Å². The zero-order valence-electron chi connectivity index (χ0n) is 11.5. The molecule has 1 fully saturated rings. The maximum Gasteiger partial charge on any atom is 0.186 e. The minimum absolute atomic E-state index is 0.565. The van der Waals surface area contributed by atoms with Gasteiger partial charge in [-0.15, -0.1) is 11.3 Å². The summed E-state index contributed by atoms with van der Waals surface area (Å²) >= 11 is 3.85. The van der Waals surface area contributed by atoms with Crippen molar-refractivity contribution in [1.29, 1.82) is 0 Å². The first-order valence-corrected chi connectivity index (χ1v) is 8.60. The summed E-state index contributed by atoms with van der Waals surface area (Å²) in [4.78, 5) is 8.57. The summed E-state index contributed by atoms with van der Waals surface area (Å²) < 4.78 is 0. The van der Waals surface area contributed by atoms with Crippen molar-refractivity contribution in [1.82, 2.24) is 4.98 Å². The van der Waals surface area contributed by atoms with E-state index in [2.05, 4.69) is 37.4 Å². The van der Waals surface area contributed by atoms with Gasteiger partial charge in [0.15, 0.2) is 5.13 Å². The van der Waals surface area contributed by atoms with Crippen LogP contribution in [0.4, 0.5) is 5.13 Å². The summed E-state index contributed by atoms with van der Waals surface area (Å²) in [6, 6.07) is 0.565. The van der Waals surface area contributed by atoms with Gasteiger partial charge in [-0.3, -0.25) is 0 Å². The van der Waals surface area contributed by atoms with Crippen molar-refractivity contribution in [2.75, 3.05) is 17.2 Å². The van der Waals surface area contributed by atoms with Crippen LogP contribution < -0.4 is 10.6 Å². The number of thiazole rings is 1. The predicted molar refractivity (Wildman–Crippen MR) is 82.7 cm³/mol. The summed E-state index contributed by atoms with van der Waals surface area (Å²) in [6.07, 6.45) is 2.19. The monoisotopic (exact) mass is 285 g/mol. The fraction of sp³-hybridized carbons (Fsp3) is 0.769. The van der Waals surface area contributed by atoms with Gasteiger partial charge in [0, 0.05) is 35.0 Å². The number of hydrogen-bond acceptors (Lipinski definition) is 5. The van der Waals surface area contributed by atoms with E-state index in [1.807, 2.05) is 0 Å². The topological polar surface area (TPSA) is 42.2 Å². The Morgan fingerprint density at radius 2 is 2.22 bits per heavy atom. The molecule has 2 N–H and O–H groups in total. The highest BCUT2D eigenvalue weighted by Gasteiger charge is 2.27. The largest absolute Gasteiger partial charge is 0.343 e. The van der Waals surface area contributed by atoms with Gasteiger partial charge in [-0.1, -0.05) is 20.3 Å². The van der Waals surface area contributed by atoms with Gasteiger partial charge in [-0.25, -0.2) is 4.98 Å². The molecular formula is C13H23N3S2. The first kappa shape index (κ1) is 14.2. The molecule has 0 aromatic carbocycles. The van der Waals surface area contributed by atoms with Gasteiger partial charge in [0.25, 0.3) is 0 Å². The smallest absolute Gasteiger partial charge is 0.186 e. The lowest BCUT2D eigenvalue weighted by Crippen LogP contribution is -2.44. The van der Waals surface area contributed by atoms with Crippen molar-refractivity contribution in [2.24, 2.45) is 5.73 Å². The minimum Gasteiger partial charge on any atom is -0.343 e. The Morgan fingerprint density at radius 3 is 2.89 bits per heavy atom. The Balaban J connectivity index is 2.21. The number of nitrogens with two attached hydrogens (primary N) is 1. The summed E-state index contributed by atoms with van der Waals surface area (Å²) in [7, 11) is 0. The molecule has 1 aromatic heterocycles. The molecule has 2 heterocycles. The summed E-state index contributed by atoms with van der Waals surface area (Å²) in [5, 5.41) is 1.86. The van der Waals surface area contributed by atoms with Gasteiger partial charge in [0.2, 0.25) is 0 Å². The van der Waals surface area contributed by atoms with Gasteiger partial charge in [0.05, 0.1) is 5.69 Å². The quantitative estimate of drug-likeness (QED) is 0.923. The van der Waals surface area contributed by atoms with E-state index in [-0.39, 0.29) is 0 Å². The number of hydrogen-bond donors (Lipinski definition) is 1. The number of aromatic nitrogens is 1. The number of thioether (sulfide) groups is 1. The molecule has 1 aliphatic rings. The molecule has 1 saturated heterocycles. The van der Waals surface area contributed by atoms with E-state index in [0.717, 1.165) is 19.4 Å². The zero-order valence-corrected chi connectivity index (χ0v) is 13.1. The Bertz CT molecular complexity index is 392. The molecule has 0 radical (unpaired) electrons. The van der Waals surface area contributed by atoms with Crippen molar-refractivity contribution in [3.05, 3.63) is 10.6 Å². The molecule has 3 nitrogen and oxygen atoms in total. The molecular weight excluding hydrogens is 262 g/mol. The molecule has 2 atom stereocenters. The van der Waals surface area contributed by atoms with Gasteiger partial charge < -0.3 is 10.6 Å². The number of anilines is 1. The standard InChI is InChI=1S/C13H23N3S2/c1-4-5-11-12(8-14)18-13(15-11)16-6-7-17-10(3)9(16)2/h9-10H,4-8,14H2,1-3H3. The van der Waals surface area contributed by atoms with Crippen LogP contribution in [-0.4, -0.2) is 28.6 Å². The molecule has 1 aliphatic heterocycles. The minimum atomic E-state index is 0.565. The van der Waals surface area contributed by atoms with E-state index in [9.17, 15) is 0 Å². The summed E-state index contributed by atoms with van der Waals surface area (Å²) in [6.45, 7) is 8.55. The maximum atomic E-state index is 5.83. The van der Waals surface area contributed by atoms with Crippen molar-refractivity contribution in [3.63, 3.8) is 0 Å². The Morgan fingerprint density at radius 1 is 1.44 bits per heavy atom. The third-order valence-corrected chi connectivity index (χ3v) is 6.06. The molecule has 0 aliphatic carbocycles. The Hall–Kier alpha value is -0.260. The summed E-state index contributed by atoms with van der Waals surface area (Å²) in [5.41, 5.74) is 7.05. The van der Waals surface area contributed by atoms with Crippen LogP contribution in [0.5, 0.6) is 0 Å². The van der Waals surface area contributed by atoms with Crippen LogP contribution in [-0.2, 0) is 13.0 Å². The number of rotatable bonds is 4. The van der Waals surface area contributed by atoms with Gasteiger partial charge in [0.1, 0.15) is 0 Å². The van der Waals surface area contributed by atoms with E-state index in [4.69, 9.17) is 10.7 Å². The van der Waals surface area contributed by atoms with Crippen molar-refractivity contribution in [3.8, 4) is 0 Å². The maximum absolute atomic E-state index is 5.83. The molecule has 0 bridgehead atoms. The van der Waals surface area contributed by atoms with E-state index in [1.165, 1.54) is 21.5 Å². The van der Waals surface area contributed by atoms with Crippen molar-refractivity contribution >= 4 is 28.2 Å². The van der Waals surface area contributed by atoms with Crippen LogP contribution in [0.15, 0.2) is 0 Å². The molecule has 2 rings (SSSR count). The predicted octanol–water partition coefficient (Wildman–Crippen LogP) is 2.88. The van der Waals surface area contributed by atoms with Gasteiger partial charge >= 0.3 is 0 Å². The second kappa shape index (κ2) is 6.26. The third-order valence-electron chi connectivity index (χ3n) is 3.57. The average molecular weight is 285 g/mol. The lowest BCUT2D eigenvalue weighted by atomic mass is 10.2. The fourth-order valence-electron chi connectivity index (χ4n) is 2.29. The van der Waals surface area contributed by atoms with Crippen LogP contribution in [0.2, 0.25) is 0 Å². The van der Waals surface area contributed by atoms with E-state index in [1.54, 1.807) is 11.3 Å². The second-order valence-corrected chi connectivity index (χ2v) is 7.38. The molecule has 0 spiro atoms. The third kappa shape index (κ3) is 2.83. The first-order chi connectivity index (χ1) is 8.67. The average Bonchev–Trinajstić information content (AvgIpc) is 2.76. The van der Waals surface area contributed by atoms with Gasteiger partial charge in [-0.2, -0.15) is 11.8 Å². The normalized spacial score (nSPS) is 24.6. The number of nitrogens with zero attached hydrogens (tertiary/aromatic N) is 2. The molecule has 1 aromatic rings. The lowest BCUT2D eigenvalue weighted by Gasteiger charge is -2.37. The Labute approximate surface area is 118 Å². The zero-order chi connectivity index (χ0) is 13.1. The second-order valence-electron chi connectivity index (χ2n) is 4.83. The van der Waals surface area contributed by atoms with Crippen LogP contribution in [0.3, 0.4) is 0 Å². The first-order valence-electron chi connectivity index (χ1n) is 6.74. The highest BCUT2D eigenvalue weighted by Crippen LogP contribution is 2.33. The van der Waals surface area contributed by atoms with Crippen molar-refractivity contribution < 1.29 is 0 Å². The van der Waals surface area contributed by atoms with Crippen LogP contribution in [0, 0.1) is 0 Å². The lowest BCUT2D eigenvalue weighted by molar-refractivity contribution is 0.624. The molecule has 18 heavy (non-hydrogen) atoms. The SMILES string of the molecule is CCCc1nc(N2CCSC(C)C2C)sc1CN. The van der Waals surface area contributed by atoms with Crippen molar-refractivity contribution in [2.45, 2.75) is 51.4 Å². The van der Waals surface area contributed by atoms with Crippen LogP contribution >= 0.6 is 23.1 Å². The Kier molecular flexibility index (Phi) is 4.92. The number of aryl methyl sites for hydroxylation is 1. The highest BCUT2D eigenvalue weighted by molar-refractivity contribution is 8.00. The molecule has 2 unspecified atom stereocenters. The highest BCUT2D eigenvalue weighted by atomic mass is 32.2. The molecule has 0 amide bonds. The van der Waals surface area contributed by atoms with Gasteiger partial charge in [-0.05, 0) is 13.3 Å². The fourth-order valence-corrected chi connectivity index (χ4v) is 4.49. The van der Waals surface area contributed by atoms with Crippen LogP contribution in [0.25, 0.3) is 0 Å². The van der Waals surface area contributed by atoms with E-state index >= 15 is 0 Å². The van der Waals surface area contributed by atoms with E-state index < -0.39 is 0 Å².